The fourth-order valence-corrected chi connectivity index (χ4v) is 1.73. The standard InChI is InChI=1S/C11H11BrO4/c1-2-10(13)8-4-3-7(5-9(8)12)16-6-11(14)15/h3-5H,2,6H2,1H3,(H,14,15). The second-order valence-electron chi connectivity index (χ2n) is 3.10. The Bertz CT molecular complexity index is 414. The average Bonchev–Trinajstić information content (AvgIpc) is 2.25. The number of halogens is 1. The van der Waals surface area contributed by atoms with Crippen LogP contribution in [0.25, 0.3) is 0 Å². The van der Waals surface area contributed by atoms with Crippen molar-refractivity contribution in [3.05, 3.63) is 28.2 Å². The summed E-state index contributed by atoms with van der Waals surface area (Å²) in [5.74, 6) is -0.594. The largest absolute Gasteiger partial charge is 0.482 e. The number of carboxylic acid groups (broad SMARTS) is 1. The molecule has 1 rings (SSSR count). The molecule has 0 atom stereocenters. The third-order valence-corrected chi connectivity index (χ3v) is 2.58. The number of hydrogen-bond donors (Lipinski definition) is 1. The summed E-state index contributed by atoms with van der Waals surface area (Å²) >= 11 is 3.25. The number of Topliss-reactive ketones (excluding diaryl/α,β-unsaturated/α-hetero) is 1. The topological polar surface area (TPSA) is 63.6 Å². The Kier molecular flexibility index (Phi) is 4.49. The van der Waals surface area contributed by atoms with E-state index in [0.29, 0.717) is 22.2 Å². The maximum atomic E-state index is 11.4. The lowest BCUT2D eigenvalue weighted by Crippen LogP contribution is -2.09. The minimum absolute atomic E-state index is 0.0247. The molecule has 0 fully saturated rings. The maximum absolute atomic E-state index is 11.4. The fraction of sp³-hybridized carbons (Fsp3) is 0.273. The number of ketones is 1. The van der Waals surface area contributed by atoms with Crippen molar-refractivity contribution >= 4 is 27.7 Å². The highest BCUT2D eigenvalue weighted by Crippen LogP contribution is 2.24. The molecule has 0 radical (unpaired) electrons. The van der Waals surface area contributed by atoms with Gasteiger partial charge in [0.25, 0.3) is 0 Å². The average molecular weight is 287 g/mol. The first-order valence-electron chi connectivity index (χ1n) is 4.72. The SMILES string of the molecule is CCC(=O)c1ccc(OCC(=O)O)cc1Br. The third kappa shape index (κ3) is 3.34. The number of aliphatic carboxylic acids is 1. The molecular weight excluding hydrogens is 276 g/mol. The van der Waals surface area contributed by atoms with Gasteiger partial charge in [0.15, 0.2) is 12.4 Å². The smallest absolute Gasteiger partial charge is 0.341 e. The zero-order valence-electron chi connectivity index (χ0n) is 8.70. The molecule has 1 N–H and O–H groups in total. The number of benzene rings is 1. The second-order valence-corrected chi connectivity index (χ2v) is 3.96. The van der Waals surface area contributed by atoms with Gasteiger partial charge in [0.05, 0.1) is 0 Å². The quantitative estimate of drug-likeness (QED) is 0.845. The van der Waals surface area contributed by atoms with Gasteiger partial charge in [0.2, 0.25) is 0 Å². The van der Waals surface area contributed by atoms with Gasteiger partial charge in [-0.15, -0.1) is 0 Å². The van der Waals surface area contributed by atoms with Gasteiger partial charge in [-0.1, -0.05) is 6.92 Å². The predicted molar refractivity (Wildman–Crippen MR) is 61.9 cm³/mol. The van der Waals surface area contributed by atoms with Crippen molar-refractivity contribution in [2.24, 2.45) is 0 Å². The van der Waals surface area contributed by atoms with Crippen LogP contribution in [-0.4, -0.2) is 23.5 Å². The van der Waals surface area contributed by atoms with E-state index in [1.807, 2.05) is 0 Å². The van der Waals surface area contributed by atoms with E-state index in [-0.39, 0.29) is 5.78 Å². The van der Waals surface area contributed by atoms with Crippen LogP contribution in [-0.2, 0) is 4.79 Å². The van der Waals surface area contributed by atoms with Crippen molar-refractivity contribution in [2.75, 3.05) is 6.61 Å². The Labute approximate surface area is 101 Å². The molecule has 0 bridgehead atoms. The second kappa shape index (κ2) is 5.65. The molecule has 0 aliphatic carbocycles. The molecule has 0 aromatic heterocycles. The summed E-state index contributed by atoms with van der Waals surface area (Å²) < 4.78 is 5.59. The first kappa shape index (κ1) is 12.7. The molecule has 16 heavy (non-hydrogen) atoms. The Morgan fingerprint density at radius 3 is 2.62 bits per heavy atom. The van der Waals surface area contributed by atoms with Crippen molar-refractivity contribution in [3.63, 3.8) is 0 Å². The van der Waals surface area contributed by atoms with Crippen molar-refractivity contribution in [1.29, 1.82) is 0 Å². The van der Waals surface area contributed by atoms with E-state index in [4.69, 9.17) is 9.84 Å². The summed E-state index contributed by atoms with van der Waals surface area (Å²) in [6.45, 7) is 1.39. The van der Waals surface area contributed by atoms with Crippen molar-refractivity contribution < 1.29 is 19.4 Å². The Hall–Kier alpha value is -1.36. The number of ether oxygens (including phenoxy) is 1. The van der Waals surface area contributed by atoms with Gasteiger partial charge >= 0.3 is 5.97 Å². The monoisotopic (exact) mass is 286 g/mol. The van der Waals surface area contributed by atoms with Crippen LogP contribution in [0.2, 0.25) is 0 Å². The molecule has 0 unspecified atom stereocenters. The van der Waals surface area contributed by atoms with Crippen LogP contribution in [0.4, 0.5) is 0 Å². The number of rotatable bonds is 5. The van der Waals surface area contributed by atoms with E-state index in [2.05, 4.69) is 15.9 Å². The molecule has 0 saturated carbocycles. The Morgan fingerprint density at radius 1 is 1.44 bits per heavy atom. The van der Waals surface area contributed by atoms with Crippen LogP contribution in [0.15, 0.2) is 22.7 Å². The van der Waals surface area contributed by atoms with E-state index in [9.17, 15) is 9.59 Å². The number of carbonyl (C=O) groups excluding carboxylic acids is 1. The molecular formula is C11H11BrO4. The van der Waals surface area contributed by atoms with E-state index in [1.54, 1.807) is 25.1 Å². The highest BCUT2D eigenvalue weighted by atomic mass is 79.9. The Morgan fingerprint density at radius 2 is 2.12 bits per heavy atom. The molecule has 1 aromatic rings. The molecule has 4 nitrogen and oxygen atoms in total. The highest BCUT2D eigenvalue weighted by molar-refractivity contribution is 9.10. The maximum Gasteiger partial charge on any atom is 0.341 e. The molecule has 0 spiro atoms. The van der Waals surface area contributed by atoms with Gasteiger partial charge in [0, 0.05) is 16.5 Å². The highest BCUT2D eigenvalue weighted by Gasteiger charge is 2.09. The minimum atomic E-state index is -1.04. The van der Waals surface area contributed by atoms with Gasteiger partial charge in [0.1, 0.15) is 5.75 Å². The lowest BCUT2D eigenvalue weighted by molar-refractivity contribution is -0.139. The first-order chi connectivity index (χ1) is 7.54. The molecule has 1 aromatic carbocycles. The van der Waals surface area contributed by atoms with Crippen LogP contribution in [0.5, 0.6) is 5.75 Å². The summed E-state index contributed by atoms with van der Waals surface area (Å²) in [6.07, 6.45) is 0.425. The summed E-state index contributed by atoms with van der Waals surface area (Å²) in [5.41, 5.74) is 0.574. The van der Waals surface area contributed by atoms with E-state index >= 15 is 0 Å². The van der Waals surface area contributed by atoms with Gasteiger partial charge in [-0.05, 0) is 34.1 Å². The van der Waals surface area contributed by atoms with Crippen LogP contribution in [0, 0.1) is 0 Å². The van der Waals surface area contributed by atoms with Gasteiger partial charge in [-0.25, -0.2) is 4.79 Å². The number of carbonyl (C=O) groups is 2. The fourth-order valence-electron chi connectivity index (χ4n) is 1.15. The predicted octanol–water partition coefficient (Wildman–Crippen LogP) is 2.51. The normalized spacial score (nSPS) is 9.88. The van der Waals surface area contributed by atoms with Gasteiger partial charge in [-0.3, -0.25) is 4.79 Å². The van der Waals surface area contributed by atoms with E-state index < -0.39 is 12.6 Å². The molecule has 0 saturated heterocycles. The zero-order valence-corrected chi connectivity index (χ0v) is 10.3. The molecule has 5 heteroatoms. The van der Waals surface area contributed by atoms with E-state index in [1.165, 1.54) is 0 Å². The van der Waals surface area contributed by atoms with Crippen LogP contribution >= 0.6 is 15.9 Å². The van der Waals surface area contributed by atoms with Crippen molar-refractivity contribution in [2.45, 2.75) is 13.3 Å². The molecule has 86 valence electrons. The lowest BCUT2D eigenvalue weighted by atomic mass is 10.1. The van der Waals surface area contributed by atoms with Crippen LogP contribution in [0.3, 0.4) is 0 Å². The summed E-state index contributed by atoms with van der Waals surface area (Å²) in [7, 11) is 0. The molecule has 0 aliphatic rings. The minimum Gasteiger partial charge on any atom is -0.482 e. The molecule has 0 aliphatic heterocycles. The first-order valence-corrected chi connectivity index (χ1v) is 5.51. The Balaban J connectivity index is 2.82. The number of hydrogen-bond acceptors (Lipinski definition) is 3. The van der Waals surface area contributed by atoms with Crippen molar-refractivity contribution in [3.8, 4) is 5.75 Å². The molecule has 0 heterocycles. The van der Waals surface area contributed by atoms with Crippen LogP contribution in [0.1, 0.15) is 23.7 Å². The summed E-state index contributed by atoms with van der Waals surface area (Å²) in [6, 6.07) is 4.79. The van der Waals surface area contributed by atoms with Crippen molar-refractivity contribution in [1.82, 2.24) is 0 Å². The third-order valence-electron chi connectivity index (χ3n) is 1.92. The van der Waals surface area contributed by atoms with Gasteiger partial charge < -0.3 is 9.84 Å². The summed E-state index contributed by atoms with van der Waals surface area (Å²) in [5, 5.41) is 8.43. The number of carboxylic acids is 1. The zero-order chi connectivity index (χ0) is 12.1. The van der Waals surface area contributed by atoms with Crippen LogP contribution < -0.4 is 4.74 Å². The molecule has 0 amide bonds. The van der Waals surface area contributed by atoms with Gasteiger partial charge in [-0.2, -0.15) is 0 Å². The summed E-state index contributed by atoms with van der Waals surface area (Å²) in [4.78, 5) is 21.7. The lowest BCUT2D eigenvalue weighted by Gasteiger charge is -2.06. The van der Waals surface area contributed by atoms with E-state index in [0.717, 1.165) is 0 Å².